The molecule has 0 amide bonds. The summed E-state index contributed by atoms with van der Waals surface area (Å²) in [4.78, 5) is 15.0. The van der Waals surface area contributed by atoms with Crippen LogP contribution in [0.3, 0.4) is 0 Å². The molecular formula is C13H20N2O2S. The van der Waals surface area contributed by atoms with Crippen molar-refractivity contribution in [3.05, 3.63) is 11.9 Å². The summed E-state index contributed by atoms with van der Waals surface area (Å²) in [6.07, 6.45) is 6.59. The molecule has 0 aliphatic heterocycles. The number of hydrogen-bond donors (Lipinski definition) is 1. The number of aryl methyl sites for hydroxylation is 1. The van der Waals surface area contributed by atoms with Gasteiger partial charge >= 0.3 is 5.97 Å². The first-order valence-corrected chi connectivity index (χ1v) is 7.48. The molecule has 1 aromatic rings. The molecule has 0 spiro atoms. The minimum Gasteiger partial charge on any atom is -0.481 e. The van der Waals surface area contributed by atoms with Gasteiger partial charge in [0.25, 0.3) is 0 Å². The van der Waals surface area contributed by atoms with Gasteiger partial charge in [0.1, 0.15) is 0 Å². The van der Waals surface area contributed by atoms with Crippen LogP contribution < -0.4 is 0 Å². The summed E-state index contributed by atoms with van der Waals surface area (Å²) < 4.78 is 2.23. The predicted octanol–water partition coefficient (Wildman–Crippen LogP) is 2.81. The number of nitrogens with zero attached hydrogens (tertiary/aromatic N) is 2. The summed E-state index contributed by atoms with van der Waals surface area (Å²) in [6.45, 7) is 5.35. The molecule has 0 atom stereocenters. The number of imidazole rings is 1. The van der Waals surface area contributed by atoms with Gasteiger partial charge in [-0.1, -0.05) is 25.6 Å². The van der Waals surface area contributed by atoms with Crippen LogP contribution in [0, 0.1) is 5.41 Å². The number of aromatic nitrogens is 2. The van der Waals surface area contributed by atoms with Crippen LogP contribution in [0.25, 0.3) is 0 Å². The van der Waals surface area contributed by atoms with Gasteiger partial charge in [-0.3, -0.25) is 4.79 Å². The average molecular weight is 268 g/mol. The van der Waals surface area contributed by atoms with Gasteiger partial charge in [0, 0.05) is 18.4 Å². The molecule has 0 unspecified atom stereocenters. The minimum atomic E-state index is -0.788. The highest BCUT2D eigenvalue weighted by Crippen LogP contribution is 2.50. The maximum Gasteiger partial charge on any atom is 0.313 e. The monoisotopic (exact) mass is 268 g/mol. The number of carbonyl (C=O) groups is 1. The molecule has 5 heteroatoms. The Morgan fingerprint density at radius 2 is 2.28 bits per heavy atom. The van der Waals surface area contributed by atoms with E-state index >= 15 is 0 Å². The standard InChI is InChI=1S/C13H20N2O2S/c1-3-10-7-14-12(18-8-11(16)17)15(10)9-13(4-2)5-6-13/h7H,3-6,8-9H2,1-2H3,(H,16,17). The van der Waals surface area contributed by atoms with Crippen LogP contribution in [0.4, 0.5) is 0 Å². The van der Waals surface area contributed by atoms with Crippen molar-refractivity contribution in [1.29, 1.82) is 0 Å². The SMILES string of the molecule is CCc1cnc(SCC(=O)O)n1CC1(CC)CC1. The number of hydrogen-bond acceptors (Lipinski definition) is 3. The molecule has 4 nitrogen and oxygen atoms in total. The van der Waals surface area contributed by atoms with Gasteiger partial charge in [0.05, 0.1) is 5.75 Å². The molecule has 1 fully saturated rings. The molecule has 0 radical (unpaired) electrons. The third kappa shape index (κ3) is 2.88. The highest BCUT2D eigenvalue weighted by molar-refractivity contribution is 7.99. The van der Waals surface area contributed by atoms with Crippen LogP contribution in [0.5, 0.6) is 0 Å². The summed E-state index contributed by atoms with van der Waals surface area (Å²) in [5.41, 5.74) is 1.66. The lowest BCUT2D eigenvalue weighted by atomic mass is 10.0. The molecule has 1 N–H and O–H groups in total. The van der Waals surface area contributed by atoms with Crippen LogP contribution in [0.2, 0.25) is 0 Å². The van der Waals surface area contributed by atoms with Gasteiger partial charge in [-0.15, -0.1) is 0 Å². The molecule has 18 heavy (non-hydrogen) atoms. The van der Waals surface area contributed by atoms with Gasteiger partial charge in [0.15, 0.2) is 5.16 Å². The molecule has 100 valence electrons. The fraction of sp³-hybridized carbons (Fsp3) is 0.692. The molecular weight excluding hydrogens is 248 g/mol. The van der Waals surface area contributed by atoms with Crippen LogP contribution in [-0.4, -0.2) is 26.4 Å². The van der Waals surface area contributed by atoms with Crippen LogP contribution >= 0.6 is 11.8 Å². The van der Waals surface area contributed by atoms with E-state index < -0.39 is 5.97 Å². The first kappa shape index (κ1) is 13.5. The Labute approximate surface area is 112 Å². The third-order valence-corrected chi connectivity index (χ3v) is 4.76. The Morgan fingerprint density at radius 1 is 1.56 bits per heavy atom. The largest absolute Gasteiger partial charge is 0.481 e. The fourth-order valence-corrected chi connectivity index (χ4v) is 2.94. The molecule has 1 aliphatic rings. The molecule has 1 saturated carbocycles. The second-order valence-corrected chi connectivity index (χ2v) is 5.95. The average Bonchev–Trinajstić information content (AvgIpc) is 3.02. The van der Waals surface area contributed by atoms with E-state index in [0.29, 0.717) is 5.41 Å². The topological polar surface area (TPSA) is 55.1 Å². The second-order valence-electron chi connectivity index (χ2n) is 5.01. The van der Waals surface area contributed by atoms with E-state index in [1.54, 1.807) is 0 Å². The van der Waals surface area contributed by atoms with Crippen molar-refractivity contribution in [3.8, 4) is 0 Å². The van der Waals surface area contributed by atoms with Crippen LogP contribution in [0.15, 0.2) is 11.4 Å². The number of carboxylic acids is 1. The highest BCUT2D eigenvalue weighted by atomic mass is 32.2. The lowest BCUT2D eigenvalue weighted by molar-refractivity contribution is -0.133. The number of carboxylic acid groups (broad SMARTS) is 1. The van der Waals surface area contributed by atoms with E-state index in [4.69, 9.17) is 5.11 Å². The Hall–Kier alpha value is -0.970. The summed E-state index contributed by atoms with van der Waals surface area (Å²) in [6, 6.07) is 0. The van der Waals surface area contributed by atoms with Gasteiger partial charge in [-0.2, -0.15) is 0 Å². The van der Waals surface area contributed by atoms with E-state index in [0.717, 1.165) is 18.1 Å². The van der Waals surface area contributed by atoms with Gasteiger partial charge < -0.3 is 9.67 Å². The van der Waals surface area contributed by atoms with E-state index in [1.165, 1.54) is 36.7 Å². The molecule has 1 aromatic heterocycles. The normalized spacial score (nSPS) is 16.8. The van der Waals surface area contributed by atoms with E-state index in [1.807, 2.05) is 6.20 Å². The zero-order valence-corrected chi connectivity index (χ0v) is 11.8. The summed E-state index contributed by atoms with van der Waals surface area (Å²) in [5, 5.41) is 9.62. The zero-order chi connectivity index (χ0) is 13.2. The van der Waals surface area contributed by atoms with Crippen molar-refractivity contribution in [3.63, 3.8) is 0 Å². The first-order chi connectivity index (χ1) is 8.60. The zero-order valence-electron chi connectivity index (χ0n) is 11.0. The lowest BCUT2D eigenvalue weighted by Gasteiger charge is -2.17. The molecule has 2 rings (SSSR count). The van der Waals surface area contributed by atoms with E-state index in [9.17, 15) is 4.79 Å². The fourth-order valence-electron chi connectivity index (χ4n) is 2.22. The summed E-state index contributed by atoms with van der Waals surface area (Å²) in [5.74, 6) is -0.705. The maximum atomic E-state index is 10.7. The number of rotatable bonds is 7. The molecule has 1 heterocycles. The van der Waals surface area contributed by atoms with Crippen molar-refractivity contribution < 1.29 is 9.90 Å². The van der Waals surface area contributed by atoms with E-state index in [2.05, 4.69) is 23.4 Å². The third-order valence-electron chi connectivity index (χ3n) is 3.79. The van der Waals surface area contributed by atoms with Gasteiger partial charge in [-0.25, -0.2) is 4.98 Å². The highest BCUT2D eigenvalue weighted by Gasteiger charge is 2.41. The Bertz CT molecular complexity index is 438. The smallest absolute Gasteiger partial charge is 0.313 e. The van der Waals surface area contributed by atoms with Crippen molar-refractivity contribution >= 4 is 17.7 Å². The van der Waals surface area contributed by atoms with Gasteiger partial charge in [-0.05, 0) is 31.1 Å². The molecule has 0 saturated heterocycles. The Kier molecular flexibility index (Phi) is 4.00. The van der Waals surface area contributed by atoms with Crippen molar-refractivity contribution in [2.45, 2.75) is 51.2 Å². The Morgan fingerprint density at radius 3 is 2.78 bits per heavy atom. The van der Waals surface area contributed by atoms with Gasteiger partial charge in [0.2, 0.25) is 0 Å². The number of aliphatic carboxylic acids is 1. The number of thioether (sulfide) groups is 1. The molecule has 0 aromatic carbocycles. The van der Waals surface area contributed by atoms with Crippen LogP contribution in [-0.2, 0) is 17.8 Å². The Balaban J connectivity index is 2.14. The predicted molar refractivity (Wildman–Crippen MR) is 71.9 cm³/mol. The molecule has 1 aliphatic carbocycles. The lowest BCUT2D eigenvalue weighted by Crippen LogP contribution is -2.14. The maximum absolute atomic E-state index is 10.7. The summed E-state index contributed by atoms with van der Waals surface area (Å²) >= 11 is 1.32. The van der Waals surface area contributed by atoms with E-state index in [-0.39, 0.29) is 5.75 Å². The van der Waals surface area contributed by atoms with Crippen LogP contribution in [0.1, 0.15) is 38.8 Å². The summed E-state index contributed by atoms with van der Waals surface area (Å²) in [7, 11) is 0. The van der Waals surface area contributed by atoms with Crippen molar-refractivity contribution in [2.24, 2.45) is 5.41 Å². The quantitative estimate of drug-likeness (QED) is 0.773. The van der Waals surface area contributed by atoms with Crippen molar-refractivity contribution in [1.82, 2.24) is 9.55 Å². The van der Waals surface area contributed by atoms with Crippen molar-refractivity contribution in [2.75, 3.05) is 5.75 Å². The first-order valence-electron chi connectivity index (χ1n) is 6.49. The molecule has 0 bridgehead atoms. The minimum absolute atomic E-state index is 0.0826. The second kappa shape index (κ2) is 5.34.